The van der Waals surface area contributed by atoms with Crippen molar-refractivity contribution in [1.82, 2.24) is 0 Å². The summed E-state index contributed by atoms with van der Waals surface area (Å²) in [4.78, 5) is 12.2. The number of nitrogens with two attached hydrogens (primary N) is 1. The van der Waals surface area contributed by atoms with Crippen LogP contribution in [0.5, 0.6) is 5.75 Å². The highest BCUT2D eigenvalue weighted by atomic mass is 19.1. The molecular weight excluding hydrogens is 245 g/mol. The third-order valence-electron chi connectivity index (χ3n) is 2.81. The molecule has 0 saturated heterocycles. The molecule has 4 heteroatoms. The van der Waals surface area contributed by atoms with Crippen LogP contribution in [0.25, 0.3) is 0 Å². The molecule has 3 nitrogen and oxygen atoms in total. The van der Waals surface area contributed by atoms with E-state index in [0.29, 0.717) is 11.4 Å². The molecule has 0 bridgehead atoms. The van der Waals surface area contributed by atoms with E-state index in [1.165, 1.54) is 25.3 Å². The van der Waals surface area contributed by atoms with Crippen LogP contribution in [0.2, 0.25) is 0 Å². The Balaban J connectivity index is 2.24. The van der Waals surface area contributed by atoms with Gasteiger partial charge in [-0.2, -0.15) is 0 Å². The predicted octanol–water partition coefficient (Wildman–Crippen LogP) is 2.84. The first kappa shape index (κ1) is 13.1. The summed E-state index contributed by atoms with van der Waals surface area (Å²) in [7, 11) is 1.45. The summed E-state index contributed by atoms with van der Waals surface area (Å²) in [6.07, 6.45) is 0.181. The number of hydrogen-bond acceptors (Lipinski definition) is 3. The molecule has 0 atom stereocenters. The highest BCUT2D eigenvalue weighted by Crippen LogP contribution is 2.21. The zero-order valence-corrected chi connectivity index (χ0v) is 10.5. The fourth-order valence-electron chi connectivity index (χ4n) is 1.81. The monoisotopic (exact) mass is 259 g/mol. The summed E-state index contributed by atoms with van der Waals surface area (Å²) in [5, 5.41) is 0. The van der Waals surface area contributed by atoms with Crippen LogP contribution >= 0.6 is 0 Å². The number of methoxy groups -OCH3 is 1. The Bertz CT molecular complexity index is 594. The van der Waals surface area contributed by atoms with Crippen molar-refractivity contribution in [2.24, 2.45) is 0 Å². The molecule has 0 heterocycles. The number of nitrogen functional groups attached to an aromatic ring is 1. The summed E-state index contributed by atoms with van der Waals surface area (Å²) >= 11 is 0. The molecule has 0 fully saturated rings. The fraction of sp³-hybridized carbons (Fsp3) is 0.133. The first-order valence-electron chi connectivity index (χ1n) is 5.81. The molecule has 0 amide bonds. The van der Waals surface area contributed by atoms with E-state index in [0.717, 1.165) is 5.56 Å². The Morgan fingerprint density at radius 1 is 1.21 bits per heavy atom. The molecule has 2 aromatic rings. The molecule has 98 valence electrons. The van der Waals surface area contributed by atoms with Crippen LogP contribution in [-0.4, -0.2) is 12.9 Å². The van der Waals surface area contributed by atoms with Gasteiger partial charge in [-0.25, -0.2) is 4.39 Å². The number of benzene rings is 2. The molecule has 2 rings (SSSR count). The molecule has 0 aliphatic rings. The zero-order valence-electron chi connectivity index (χ0n) is 10.5. The Morgan fingerprint density at radius 3 is 2.53 bits per heavy atom. The van der Waals surface area contributed by atoms with Gasteiger partial charge in [0.05, 0.1) is 12.7 Å². The molecule has 0 unspecified atom stereocenters. The van der Waals surface area contributed by atoms with Gasteiger partial charge in [-0.1, -0.05) is 12.1 Å². The van der Waals surface area contributed by atoms with E-state index in [-0.39, 0.29) is 17.8 Å². The first-order valence-corrected chi connectivity index (χ1v) is 5.81. The number of Topliss-reactive ketones (excluding diaryl/α,β-unsaturated/α-hetero) is 1. The summed E-state index contributed by atoms with van der Waals surface area (Å²) in [5.41, 5.74) is 7.29. The van der Waals surface area contributed by atoms with Gasteiger partial charge < -0.3 is 10.5 Å². The largest absolute Gasteiger partial charge is 0.496 e. The molecule has 0 aliphatic heterocycles. The van der Waals surface area contributed by atoms with Crippen molar-refractivity contribution < 1.29 is 13.9 Å². The van der Waals surface area contributed by atoms with E-state index in [1.807, 2.05) is 0 Å². The van der Waals surface area contributed by atoms with E-state index >= 15 is 0 Å². The molecule has 2 aromatic carbocycles. The second kappa shape index (κ2) is 5.52. The number of ether oxygens (including phenoxy) is 1. The fourth-order valence-corrected chi connectivity index (χ4v) is 1.81. The topological polar surface area (TPSA) is 52.3 Å². The lowest BCUT2D eigenvalue weighted by Gasteiger charge is -2.08. The van der Waals surface area contributed by atoms with Gasteiger partial charge in [-0.15, -0.1) is 0 Å². The molecule has 0 aromatic heterocycles. The van der Waals surface area contributed by atoms with E-state index < -0.39 is 5.82 Å². The Kier molecular flexibility index (Phi) is 3.80. The van der Waals surface area contributed by atoms with Crippen LogP contribution in [0.15, 0.2) is 42.5 Å². The standard InChI is InChI=1S/C15H14FNO2/c1-19-15-7-4-11(16)9-13(15)14(18)8-10-2-5-12(17)6-3-10/h2-7,9H,8,17H2,1H3. The number of rotatable bonds is 4. The van der Waals surface area contributed by atoms with Gasteiger partial charge in [0.15, 0.2) is 5.78 Å². The minimum Gasteiger partial charge on any atom is -0.496 e. The quantitative estimate of drug-likeness (QED) is 0.678. The van der Waals surface area contributed by atoms with Crippen molar-refractivity contribution in [1.29, 1.82) is 0 Å². The average Bonchev–Trinajstić information content (AvgIpc) is 2.41. The number of carbonyl (C=O) groups is 1. The minimum atomic E-state index is -0.457. The number of anilines is 1. The van der Waals surface area contributed by atoms with E-state index in [4.69, 9.17) is 10.5 Å². The van der Waals surface area contributed by atoms with E-state index in [9.17, 15) is 9.18 Å². The lowest BCUT2D eigenvalue weighted by molar-refractivity contribution is 0.0989. The number of hydrogen-bond donors (Lipinski definition) is 1. The van der Waals surface area contributed by atoms with Gasteiger partial charge in [0.2, 0.25) is 0 Å². The predicted molar refractivity (Wildman–Crippen MR) is 71.8 cm³/mol. The molecule has 19 heavy (non-hydrogen) atoms. The smallest absolute Gasteiger partial charge is 0.171 e. The maximum atomic E-state index is 13.2. The van der Waals surface area contributed by atoms with Gasteiger partial charge >= 0.3 is 0 Å². The van der Waals surface area contributed by atoms with E-state index in [2.05, 4.69) is 0 Å². The zero-order chi connectivity index (χ0) is 13.8. The van der Waals surface area contributed by atoms with Crippen LogP contribution in [0.1, 0.15) is 15.9 Å². The molecule has 0 aliphatic carbocycles. The van der Waals surface area contributed by atoms with Crippen molar-refractivity contribution in [3.63, 3.8) is 0 Å². The Morgan fingerprint density at radius 2 is 1.89 bits per heavy atom. The molecule has 2 N–H and O–H groups in total. The summed E-state index contributed by atoms with van der Waals surface area (Å²) in [6.45, 7) is 0. The van der Waals surface area contributed by atoms with Crippen molar-refractivity contribution in [3.05, 3.63) is 59.4 Å². The number of ketones is 1. The normalized spacial score (nSPS) is 10.2. The van der Waals surface area contributed by atoms with Crippen molar-refractivity contribution in [2.75, 3.05) is 12.8 Å². The van der Waals surface area contributed by atoms with Gasteiger partial charge in [-0.05, 0) is 35.9 Å². The van der Waals surface area contributed by atoms with Crippen LogP contribution in [-0.2, 0) is 6.42 Å². The van der Waals surface area contributed by atoms with Gasteiger partial charge in [0.1, 0.15) is 11.6 Å². The first-order chi connectivity index (χ1) is 9.10. The van der Waals surface area contributed by atoms with E-state index in [1.54, 1.807) is 24.3 Å². The molecule has 0 radical (unpaired) electrons. The number of halogens is 1. The second-order valence-corrected chi connectivity index (χ2v) is 4.19. The van der Waals surface area contributed by atoms with Gasteiger partial charge in [0.25, 0.3) is 0 Å². The number of carbonyl (C=O) groups excluding carboxylic acids is 1. The Hall–Kier alpha value is -2.36. The lowest BCUT2D eigenvalue weighted by Crippen LogP contribution is -2.06. The summed E-state index contributed by atoms with van der Waals surface area (Å²) < 4.78 is 18.3. The highest BCUT2D eigenvalue weighted by molar-refractivity contribution is 6.00. The SMILES string of the molecule is COc1ccc(F)cc1C(=O)Cc1ccc(N)cc1. The van der Waals surface area contributed by atoms with Crippen LogP contribution in [0.3, 0.4) is 0 Å². The average molecular weight is 259 g/mol. The van der Waals surface area contributed by atoms with Gasteiger partial charge in [-0.3, -0.25) is 4.79 Å². The lowest BCUT2D eigenvalue weighted by atomic mass is 10.0. The van der Waals surface area contributed by atoms with Crippen LogP contribution in [0, 0.1) is 5.82 Å². The van der Waals surface area contributed by atoms with Crippen molar-refractivity contribution >= 4 is 11.5 Å². The molecule has 0 spiro atoms. The maximum absolute atomic E-state index is 13.2. The minimum absolute atomic E-state index is 0.181. The van der Waals surface area contributed by atoms with Crippen molar-refractivity contribution in [2.45, 2.75) is 6.42 Å². The molecule has 0 saturated carbocycles. The summed E-state index contributed by atoms with van der Waals surface area (Å²) in [6, 6.07) is 10.9. The maximum Gasteiger partial charge on any atom is 0.171 e. The Labute approximate surface area is 110 Å². The summed E-state index contributed by atoms with van der Waals surface area (Å²) in [5.74, 6) is -0.274. The van der Waals surface area contributed by atoms with Crippen LogP contribution < -0.4 is 10.5 Å². The highest BCUT2D eigenvalue weighted by Gasteiger charge is 2.13. The van der Waals surface area contributed by atoms with Crippen LogP contribution in [0.4, 0.5) is 10.1 Å². The van der Waals surface area contributed by atoms with Gasteiger partial charge in [0, 0.05) is 12.1 Å². The second-order valence-electron chi connectivity index (χ2n) is 4.19. The third kappa shape index (κ3) is 3.10. The third-order valence-corrected chi connectivity index (χ3v) is 2.81. The van der Waals surface area contributed by atoms with Crippen molar-refractivity contribution in [3.8, 4) is 5.75 Å². The molecular formula is C15H14FNO2.